The molecule has 0 unspecified atom stereocenters. The van der Waals surface area contributed by atoms with Gasteiger partial charge >= 0.3 is 0 Å². The van der Waals surface area contributed by atoms with Gasteiger partial charge in [-0.3, -0.25) is 9.69 Å². The van der Waals surface area contributed by atoms with Gasteiger partial charge in [0.2, 0.25) is 5.91 Å². The highest BCUT2D eigenvalue weighted by Crippen LogP contribution is 2.27. The zero-order valence-corrected chi connectivity index (χ0v) is 7.10. The molecule has 4 nitrogen and oxygen atoms in total. The van der Waals surface area contributed by atoms with E-state index in [2.05, 4.69) is 4.98 Å². The predicted molar refractivity (Wildman–Crippen MR) is 47.5 cm³/mol. The molecule has 4 heteroatoms. The minimum atomic E-state index is 0.0361. The van der Waals surface area contributed by atoms with Crippen LogP contribution in [-0.4, -0.2) is 22.5 Å². The van der Waals surface area contributed by atoms with Crippen molar-refractivity contribution < 1.29 is 9.90 Å². The van der Waals surface area contributed by atoms with Crippen molar-refractivity contribution in [2.75, 3.05) is 11.4 Å². The molecular weight excluding hydrogens is 168 g/mol. The number of carbonyl (C=O) groups excluding carboxylic acids is 1. The molecule has 2 heterocycles. The Kier molecular flexibility index (Phi) is 1.88. The van der Waals surface area contributed by atoms with Gasteiger partial charge in [-0.2, -0.15) is 0 Å². The van der Waals surface area contributed by atoms with Gasteiger partial charge in [0.1, 0.15) is 0 Å². The number of hydrogen-bond donors (Lipinski definition) is 1. The summed E-state index contributed by atoms with van der Waals surface area (Å²) < 4.78 is 0. The normalized spacial score (nSPS) is 16.6. The van der Waals surface area contributed by atoms with Crippen LogP contribution in [0, 0.1) is 0 Å². The Labute approximate surface area is 75.8 Å². The van der Waals surface area contributed by atoms with Crippen LogP contribution in [0.3, 0.4) is 0 Å². The first-order chi connectivity index (χ1) is 6.29. The summed E-state index contributed by atoms with van der Waals surface area (Å²) in [6.45, 7) is 0.656. The second-order valence-electron chi connectivity index (χ2n) is 3.00. The van der Waals surface area contributed by atoms with Crippen LogP contribution in [0.15, 0.2) is 18.3 Å². The van der Waals surface area contributed by atoms with E-state index in [1.165, 1.54) is 11.0 Å². The van der Waals surface area contributed by atoms with Gasteiger partial charge in [-0.25, -0.2) is 4.98 Å². The summed E-state index contributed by atoms with van der Waals surface area (Å²) in [6.07, 6.45) is 2.96. The fraction of sp³-hybridized carbons (Fsp3) is 0.333. The van der Waals surface area contributed by atoms with Gasteiger partial charge in [-0.15, -0.1) is 0 Å². The Hall–Kier alpha value is -1.58. The van der Waals surface area contributed by atoms with E-state index in [9.17, 15) is 9.90 Å². The van der Waals surface area contributed by atoms with Crippen LogP contribution in [0.5, 0.6) is 5.75 Å². The summed E-state index contributed by atoms with van der Waals surface area (Å²) in [5.74, 6) is 0.483. The van der Waals surface area contributed by atoms with Gasteiger partial charge in [0.15, 0.2) is 11.6 Å². The van der Waals surface area contributed by atoms with Crippen LogP contribution in [0.4, 0.5) is 5.82 Å². The molecule has 0 atom stereocenters. The van der Waals surface area contributed by atoms with Gasteiger partial charge in [0.25, 0.3) is 0 Å². The Balaban J connectivity index is 2.34. The first kappa shape index (κ1) is 8.04. The van der Waals surface area contributed by atoms with Crippen LogP contribution in [0.1, 0.15) is 12.8 Å². The second-order valence-corrected chi connectivity index (χ2v) is 3.00. The van der Waals surface area contributed by atoms with E-state index in [-0.39, 0.29) is 11.7 Å². The third kappa shape index (κ3) is 1.35. The molecule has 1 amide bonds. The molecule has 0 aromatic carbocycles. The third-order valence-corrected chi connectivity index (χ3v) is 2.10. The molecule has 1 aliphatic heterocycles. The molecule has 1 fully saturated rings. The molecule has 1 saturated heterocycles. The number of aromatic hydroxyl groups is 1. The second kappa shape index (κ2) is 3.05. The zero-order valence-electron chi connectivity index (χ0n) is 7.10. The molecule has 2 rings (SSSR count). The van der Waals surface area contributed by atoms with Crippen LogP contribution in [0.25, 0.3) is 0 Å². The highest BCUT2D eigenvalue weighted by Gasteiger charge is 2.24. The largest absolute Gasteiger partial charge is 0.504 e. The van der Waals surface area contributed by atoms with E-state index in [0.29, 0.717) is 18.8 Å². The first-order valence-corrected chi connectivity index (χ1v) is 4.23. The number of carbonyl (C=O) groups is 1. The predicted octanol–water partition coefficient (Wildman–Crippen LogP) is 0.914. The summed E-state index contributed by atoms with van der Waals surface area (Å²) in [7, 11) is 0. The van der Waals surface area contributed by atoms with Gasteiger partial charge in [-0.1, -0.05) is 0 Å². The van der Waals surface area contributed by atoms with Crippen molar-refractivity contribution in [1.29, 1.82) is 0 Å². The molecule has 1 aromatic rings. The van der Waals surface area contributed by atoms with Crippen LogP contribution >= 0.6 is 0 Å². The highest BCUT2D eigenvalue weighted by molar-refractivity contribution is 5.95. The van der Waals surface area contributed by atoms with E-state index in [0.717, 1.165) is 6.42 Å². The fourth-order valence-corrected chi connectivity index (χ4v) is 1.47. The first-order valence-electron chi connectivity index (χ1n) is 4.23. The molecular formula is C9H10N2O2. The van der Waals surface area contributed by atoms with Crippen molar-refractivity contribution in [2.24, 2.45) is 0 Å². The molecule has 0 radical (unpaired) electrons. The number of pyridine rings is 1. The minimum Gasteiger partial charge on any atom is -0.504 e. The van der Waals surface area contributed by atoms with Crippen molar-refractivity contribution in [3.8, 4) is 5.75 Å². The average molecular weight is 178 g/mol. The van der Waals surface area contributed by atoms with E-state index in [4.69, 9.17) is 0 Å². The molecule has 68 valence electrons. The Morgan fingerprint density at radius 1 is 1.54 bits per heavy atom. The van der Waals surface area contributed by atoms with Gasteiger partial charge < -0.3 is 5.11 Å². The topological polar surface area (TPSA) is 53.4 Å². The molecule has 1 aliphatic rings. The Morgan fingerprint density at radius 3 is 3.00 bits per heavy atom. The highest BCUT2D eigenvalue weighted by atomic mass is 16.3. The third-order valence-electron chi connectivity index (χ3n) is 2.10. The number of hydrogen-bond acceptors (Lipinski definition) is 3. The number of amides is 1. The van der Waals surface area contributed by atoms with Gasteiger partial charge in [-0.05, 0) is 18.6 Å². The monoisotopic (exact) mass is 178 g/mol. The van der Waals surface area contributed by atoms with Gasteiger partial charge in [0.05, 0.1) is 0 Å². The van der Waals surface area contributed by atoms with Crippen LogP contribution in [-0.2, 0) is 4.79 Å². The van der Waals surface area contributed by atoms with E-state index in [1.54, 1.807) is 12.3 Å². The summed E-state index contributed by atoms with van der Waals surface area (Å²) >= 11 is 0. The maximum atomic E-state index is 11.3. The number of aromatic nitrogens is 1. The SMILES string of the molecule is O=C1CCCN1c1ncccc1O. The van der Waals surface area contributed by atoms with Crippen molar-refractivity contribution in [1.82, 2.24) is 4.98 Å². The number of rotatable bonds is 1. The van der Waals surface area contributed by atoms with Crippen molar-refractivity contribution in [3.05, 3.63) is 18.3 Å². The number of anilines is 1. The van der Waals surface area contributed by atoms with Crippen molar-refractivity contribution in [2.45, 2.75) is 12.8 Å². The summed E-state index contributed by atoms with van der Waals surface area (Å²) in [5, 5.41) is 9.43. The molecule has 1 aromatic heterocycles. The fourth-order valence-electron chi connectivity index (χ4n) is 1.47. The average Bonchev–Trinajstić information content (AvgIpc) is 2.52. The lowest BCUT2D eigenvalue weighted by molar-refractivity contribution is -0.117. The Morgan fingerprint density at radius 2 is 2.38 bits per heavy atom. The molecule has 1 N–H and O–H groups in total. The summed E-state index contributed by atoms with van der Waals surface area (Å²) in [6, 6.07) is 3.17. The maximum Gasteiger partial charge on any atom is 0.228 e. The van der Waals surface area contributed by atoms with Crippen LogP contribution in [0.2, 0.25) is 0 Å². The van der Waals surface area contributed by atoms with E-state index >= 15 is 0 Å². The molecule has 13 heavy (non-hydrogen) atoms. The van der Waals surface area contributed by atoms with E-state index in [1.807, 2.05) is 0 Å². The smallest absolute Gasteiger partial charge is 0.228 e. The summed E-state index contributed by atoms with van der Waals surface area (Å²) in [4.78, 5) is 16.8. The molecule has 0 bridgehead atoms. The lowest BCUT2D eigenvalue weighted by Crippen LogP contribution is -2.24. The Bertz CT molecular complexity index is 338. The maximum absolute atomic E-state index is 11.3. The standard InChI is InChI=1S/C9H10N2O2/c12-7-3-1-5-10-9(7)11-6-2-4-8(11)13/h1,3,5,12H,2,4,6H2. The quantitative estimate of drug-likeness (QED) is 0.695. The van der Waals surface area contributed by atoms with Crippen molar-refractivity contribution >= 4 is 11.7 Å². The minimum absolute atomic E-state index is 0.0361. The van der Waals surface area contributed by atoms with Crippen LogP contribution < -0.4 is 4.90 Å². The molecule has 0 saturated carbocycles. The summed E-state index contributed by atoms with van der Waals surface area (Å²) in [5.41, 5.74) is 0. The van der Waals surface area contributed by atoms with E-state index < -0.39 is 0 Å². The molecule has 0 spiro atoms. The zero-order chi connectivity index (χ0) is 9.26. The van der Waals surface area contributed by atoms with Gasteiger partial charge in [0, 0.05) is 19.2 Å². The molecule has 0 aliphatic carbocycles. The van der Waals surface area contributed by atoms with Crippen molar-refractivity contribution in [3.63, 3.8) is 0 Å². The lowest BCUT2D eigenvalue weighted by atomic mass is 10.4. The number of nitrogens with zero attached hydrogens (tertiary/aromatic N) is 2. The lowest BCUT2D eigenvalue weighted by Gasteiger charge is -2.14.